The summed E-state index contributed by atoms with van der Waals surface area (Å²) in [6, 6.07) is 14.4. The van der Waals surface area contributed by atoms with Gasteiger partial charge < -0.3 is 4.74 Å². The molecule has 0 fully saturated rings. The van der Waals surface area contributed by atoms with Crippen LogP contribution < -0.4 is 10.2 Å². The molecule has 0 atom stereocenters. The lowest BCUT2D eigenvalue weighted by Gasteiger charge is -2.05. The molecule has 4 nitrogen and oxygen atoms in total. The van der Waals surface area contributed by atoms with Gasteiger partial charge in [0.25, 0.3) is 5.91 Å². The van der Waals surface area contributed by atoms with Crippen molar-refractivity contribution >= 4 is 39.7 Å². The van der Waals surface area contributed by atoms with E-state index in [1.54, 1.807) is 30.5 Å². The van der Waals surface area contributed by atoms with Crippen LogP contribution in [0.15, 0.2) is 58.1 Å². The normalized spacial score (nSPS) is 10.6. The molecule has 0 aromatic heterocycles. The van der Waals surface area contributed by atoms with Gasteiger partial charge in [-0.3, -0.25) is 4.79 Å². The maximum atomic E-state index is 11.6. The Morgan fingerprint density at radius 2 is 2.10 bits per heavy atom. The molecule has 2 rings (SSSR count). The monoisotopic (exact) mass is 366 g/mol. The number of hydrazone groups is 1. The highest BCUT2D eigenvalue weighted by atomic mass is 79.9. The lowest BCUT2D eigenvalue weighted by molar-refractivity contribution is -0.123. The highest BCUT2D eigenvalue weighted by Crippen LogP contribution is 2.16. The van der Waals surface area contributed by atoms with Gasteiger partial charge in [0.1, 0.15) is 5.75 Å². The zero-order chi connectivity index (χ0) is 15.1. The molecule has 0 radical (unpaired) electrons. The molecule has 0 saturated carbocycles. The van der Waals surface area contributed by atoms with Gasteiger partial charge in [-0.2, -0.15) is 5.10 Å². The molecule has 1 amide bonds. The summed E-state index contributed by atoms with van der Waals surface area (Å²) < 4.78 is 6.20. The molecule has 0 aliphatic rings. The van der Waals surface area contributed by atoms with Gasteiger partial charge in [0, 0.05) is 15.1 Å². The van der Waals surface area contributed by atoms with Crippen molar-refractivity contribution in [2.75, 3.05) is 6.61 Å². The molecule has 6 heteroatoms. The van der Waals surface area contributed by atoms with Crippen molar-refractivity contribution in [1.82, 2.24) is 5.43 Å². The number of nitrogens with one attached hydrogen (secondary N) is 1. The van der Waals surface area contributed by atoms with Crippen LogP contribution in [0.5, 0.6) is 5.75 Å². The van der Waals surface area contributed by atoms with Gasteiger partial charge in [0.2, 0.25) is 0 Å². The minimum absolute atomic E-state index is 0.131. The second-order valence-electron chi connectivity index (χ2n) is 4.06. The number of nitrogens with zero attached hydrogens (tertiary/aromatic N) is 1. The topological polar surface area (TPSA) is 50.7 Å². The van der Waals surface area contributed by atoms with Gasteiger partial charge >= 0.3 is 0 Å². The molecular weight excluding hydrogens is 356 g/mol. The van der Waals surface area contributed by atoms with Crippen LogP contribution in [0.2, 0.25) is 5.02 Å². The maximum Gasteiger partial charge on any atom is 0.277 e. The molecule has 0 saturated heterocycles. The van der Waals surface area contributed by atoms with Crippen molar-refractivity contribution in [2.24, 2.45) is 5.10 Å². The van der Waals surface area contributed by atoms with E-state index in [1.807, 2.05) is 24.3 Å². The third-order valence-corrected chi connectivity index (χ3v) is 3.42. The SMILES string of the molecule is O=C(COc1cccc(Cl)c1)N/N=C/c1ccccc1Br. The summed E-state index contributed by atoms with van der Waals surface area (Å²) in [6.07, 6.45) is 1.56. The zero-order valence-corrected chi connectivity index (χ0v) is 13.3. The predicted molar refractivity (Wildman–Crippen MR) is 86.8 cm³/mol. The number of ether oxygens (including phenoxy) is 1. The lowest BCUT2D eigenvalue weighted by atomic mass is 10.2. The Morgan fingerprint density at radius 1 is 1.29 bits per heavy atom. The molecule has 0 heterocycles. The number of halogens is 2. The van der Waals surface area contributed by atoms with Crippen LogP contribution in [0.4, 0.5) is 0 Å². The van der Waals surface area contributed by atoms with Crippen molar-refractivity contribution in [3.8, 4) is 5.75 Å². The minimum atomic E-state index is -0.349. The second-order valence-corrected chi connectivity index (χ2v) is 5.35. The Labute approximate surface area is 135 Å². The molecule has 2 aromatic rings. The van der Waals surface area contributed by atoms with E-state index in [1.165, 1.54) is 0 Å². The number of amides is 1. The number of carbonyl (C=O) groups is 1. The quantitative estimate of drug-likeness (QED) is 0.648. The highest BCUT2D eigenvalue weighted by Gasteiger charge is 2.02. The molecule has 0 unspecified atom stereocenters. The Balaban J connectivity index is 1.81. The summed E-state index contributed by atoms with van der Waals surface area (Å²) in [6.45, 7) is -0.131. The Morgan fingerprint density at radius 3 is 2.86 bits per heavy atom. The van der Waals surface area contributed by atoms with Gasteiger partial charge in [-0.25, -0.2) is 5.43 Å². The van der Waals surface area contributed by atoms with Crippen LogP contribution in [0.3, 0.4) is 0 Å². The molecular formula is C15H12BrClN2O2. The van der Waals surface area contributed by atoms with Crippen molar-refractivity contribution in [3.63, 3.8) is 0 Å². The van der Waals surface area contributed by atoms with Crippen molar-refractivity contribution in [2.45, 2.75) is 0 Å². The fourth-order valence-corrected chi connectivity index (χ4v) is 2.06. The van der Waals surface area contributed by atoms with E-state index in [4.69, 9.17) is 16.3 Å². The van der Waals surface area contributed by atoms with Crippen LogP contribution in [0.1, 0.15) is 5.56 Å². The number of hydrogen-bond donors (Lipinski definition) is 1. The molecule has 1 N–H and O–H groups in total. The largest absolute Gasteiger partial charge is 0.484 e. The Bertz CT molecular complexity index is 662. The van der Waals surface area contributed by atoms with Crippen molar-refractivity contribution in [3.05, 3.63) is 63.6 Å². The van der Waals surface area contributed by atoms with E-state index >= 15 is 0 Å². The maximum absolute atomic E-state index is 11.6. The smallest absolute Gasteiger partial charge is 0.277 e. The summed E-state index contributed by atoms with van der Waals surface area (Å²) in [5.74, 6) is 0.186. The summed E-state index contributed by atoms with van der Waals surface area (Å²) >= 11 is 9.21. The van der Waals surface area contributed by atoms with Crippen molar-refractivity contribution in [1.29, 1.82) is 0 Å². The molecule has 0 aliphatic heterocycles. The number of rotatable bonds is 5. The van der Waals surface area contributed by atoms with Gasteiger partial charge in [0.15, 0.2) is 6.61 Å². The van der Waals surface area contributed by atoms with E-state index < -0.39 is 0 Å². The molecule has 21 heavy (non-hydrogen) atoms. The minimum Gasteiger partial charge on any atom is -0.484 e. The summed E-state index contributed by atoms with van der Waals surface area (Å²) in [7, 11) is 0. The standard InChI is InChI=1S/C15H12BrClN2O2/c16-14-7-2-1-4-11(14)9-18-19-15(20)10-21-13-6-3-5-12(17)8-13/h1-9H,10H2,(H,19,20)/b18-9+. The van der Waals surface area contributed by atoms with E-state index in [2.05, 4.69) is 26.5 Å². The summed E-state index contributed by atoms with van der Waals surface area (Å²) in [5.41, 5.74) is 3.26. The van der Waals surface area contributed by atoms with Gasteiger partial charge in [-0.1, -0.05) is 51.8 Å². The van der Waals surface area contributed by atoms with E-state index in [0.717, 1.165) is 10.0 Å². The number of hydrogen-bond acceptors (Lipinski definition) is 3. The van der Waals surface area contributed by atoms with Gasteiger partial charge in [0.05, 0.1) is 6.21 Å². The average Bonchev–Trinajstić information content (AvgIpc) is 2.47. The fourth-order valence-electron chi connectivity index (χ4n) is 1.49. The Kier molecular flexibility index (Phi) is 5.78. The van der Waals surface area contributed by atoms with Crippen LogP contribution >= 0.6 is 27.5 Å². The molecule has 108 valence electrons. The van der Waals surface area contributed by atoms with E-state index in [9.17, 15) is 4.79 Å². The highest BCUT2D eigenvalue weighted by molar-refractivity contribution is 9.10. The zero-order valence-electron chi connectivity index (χ0n) is 10.9. The molecule has 0 aliphatic carbocycles. The number of carbonyl (C=O) groups excluding carboxylic acids is 1. The van der Waals surface area contributed by atoms with Crippen LogP contribution in [-0.2, 0) is 4.79 Å². The van der Waals surface area contributed by atoms with Gasteiger partial charge in [-0.15, -0.1) is 0 Å². The first-order chi connectivity index (χ1) is 10.1. The summed E-state index contributed by atoms with van der Waals surface area (Å²) in [5, 5.41) is 4.43. The van der Waals surface area contributed by atoms with Gasteiger partial charge in [-0.05, 0) is 24.3 Å². The first-order valence-corrected chi connectivity index (χ1v) is 7.27. The molecule has 2 aromatic carbocycles. The van der Waals surface area contributed by atoms with Crippen LogP contribution in [0, 0.1) is 0 Å². The molecule has 0 spiro atoms. The molecule has 0 bridgehead atoms. The Hall–Kier alpha value is -1.85. The van der Waals surface area contributed by atoms with Crippen LogP contribution in [0.25, 0.3) is 0 Å². The summed E-state index contributed by atoms with van der Waals surface area (Å²) in [4.78, 5) is 11.6. The average molecular weight is 368 g/mol. The predicted octanol–water partition coefficient (Wildman–Crippen LogP) is 3.63. The first kappa shape index (κ1) is 15.5. The second kappa shape index (κ2) is 7.81. The van der Waals surface area contributed by atoms with E-state index in [-0.39, 0.29) is 12.5 Å². The van der Waals surface area contributed by atoms with Crippen molar-refractivity contribution < 1.29 is 9.53 Å². The van der Waals surface area contributed by atoms with Crippen LogP contribution in [-0.4, -0.2) is 18.7 Å². The third-order valence-electron chi connectivity index (χ3n) is 2.46. The fraction of sp³-hybridized carbons (Fsp3) is 0.0667. The van der Waals surface area contributed by atoms with E-state index in [0.29, 0.717) is 10.8 Å². The third kappa shape index (κ3) is 5.21. The first-order valence-electron chi connectivity index (χ1n) is 6.10. The number of benzene rings is 2. The lowest BCUT2D eigenvalue weighted by Crippen LogP contribution is -2.24.